The van der Waals surface area contributed by atoms with Gasteiger partial charge in [-0.25, -0.2) is 0 Å². The normalized spacial score (nSPS) is 29.9. The van der Waals surface area contributed by atoms with Crippen molar-refractivity contribution in [1.82, 2.24) is 4.90 Å². The highest BCUT2D eigenvalue weighted by Gasteiger charge is 2.29. The largest absolute Gasteiger partial charge is 0.390 e. The van der Waals surface area contributed by atoms with Crippen molar-refractivity contribution in [3.8, 4) is 0 Å². The first-order chi connectivity index (χ1) is 9.94. The SMILES string of the molecule is CC1CCc2sc(C(=O)N3CCCC(C)(O)CC3)cc2C1. The van der Waals surface area contributed by atoms with Crippen LogP contribution in [0, 0.1) is 5.92 Å². The monoisotopic (exact) mass is 307 g/mol. The van der Waals surface area contributed by atoms with Crippen molar-refractivity contribution >= 4 is 17.2 Å². The molecule has 0 spiro atoms. The van der Waals surface area contributed by atoms with E-state index in [-0.39, 0.29) is 5.91 Å². The van der Waals surface area contributed by atoms with Gasteiger partial charge in [-0.3, -0.25) is 4.79 Å². The van der Waals surface area contributed by atoms with Crippen molar-refractivity contribution in [3.05, 3.63) is 21.4 Å². The number of nitrogens with zero attached hydrogens (tertiary/aromatic N) is 1. The van der Waals surface area contributed by atoms with Crippen LogP contribution in [0.3, 0.4) is 0 Å². The van der Waals surface area contributed by atoms with Crippen LogP contribution in [0.5, 0.6) is 0 Å². The summed E-state index contributed by atoms with van der Waals surface area (Å²) in [7, 11) is 0. The molecule has 0 radical (unpaired) electrons. The van der Waals surface area contributed by atoms with Crippen LogP contribution in [0.2, 0.25) is 0 Å². The van der Waals surface area contributed by atoms with E-state index in [9.17, 15) is 9.90 Å². The average molecular weight is 307 g/mol. The molecule has 1 aliphatic carbocycles. The molecule has 0 bridgehead atoms. The predicted octanol–water partition coefficient (Wildman–Crippen LogP) is 3.25. The Balaban J connectivity index is 1.73. The smallest absolute Gasteiger partial charge is 0.263 e. The van der Waals surface area contributed by atoms with E-state index >= 15 is 0 Å². The van der Waals surface area contributed by atoms with Crippen molar-refractivity contribution in [2.45, 2.75) is 58.0 Å². The third-order valence-corrected chi connectivity index (χ3v) is 6.12. The molecule has 0 saturated carbocycles. The number of thiophene rings is 1. The van der Waals surface area contributed by atoms with Gasteiger partial charge in [-0.1, -0.05) is 6.92 Å². The molecule has 1 aromatic rings. The maximum atomic E-state index is 12.7. The number of hydrogen-bond donors (Lipinski definition) is 1. The summed E-state index contributed by atoms with van der Waals surface area (Å²) in [4.78, 5) is 17.0. The highest BCUT2D eigenvalue weighted by Crippen LogP contribution is 2.33. The van der Waals surface area contributed by atoms with Gasteiger partial charge in [0.1, 0.15) is 0 Å². The van der Waals surface area contributed by atoms with Gasteiger partial charge in [0.25, 0.3) is 5.91 Å². The summed E-state index contributed by atoms with van der Waals surface area (Å²) in [6.07, 6.45) is 5.85. The molecule has 21 heavy (non-hydrogen) atoms. The number of carbonyl (C=O) groups is 1. The summed E-state index contributed by atoms with van der Waals surface area (Å²) >= 11 is 1.69. The second-order valence-corrected chi connectivity index (χ2v) is 8.19. The maximum Gasteiger partial charge on any atom is 0.263 e. The van der Waals surface area contributed by atoms with Gasteiger partial charge in [0, 0.05) is 18.0 Å². The molecule has 2 atom stereocenters. The highest BCUT2D eigenvalue weighted by atomic mass is 32.1. The summed E-state index contributed by atoms with van der Waals surface area (Å²) in [5.74, 6) is 0.906. The minimum atomic E-state index is -0.612. The molecule has 1 aliphatic heterocycles. The molecular formula is C17H25NO2S. The number of hydrogen-bond acceptors (Lipinski definition) is 3. The highest BCUT2D eigenvalue weighted by molar-refractivity contribution is 7.14. The van der Waals surface area contributed by atoms with Gasteiger partial charge in [0.05, 0.1) is 10.5 Å². The minimum Gasteiger partial charge on any atom is -0.390 e. The van der Waals surface area contributed by atoms with E-state index in [0.29, 0.717) is 13.0 Å². The first kappa shape index (κ1) is 15.0. The standard InChI is InChI=1S/C17H25NO2S/c1-12-4-5-14-13(10-12)11-15(21-14)16(19)18-8-3-6-17(2,20)7-9-18/h11-12,20H,3-10H2,1-2H3. The van der Waals surface area contributed by atoms with Crippen molar-refractivity contribution in [3.63, 3.8) is 0 Å². The van der Waals surface area contributed by atoms with Crippen molar-refractivity contribution in [2.24, 2.45) is 5.92 Å². The Labute approximate surface area is 131 Å². The molecule has 116 valence electrons. The lowest BCUT2D eigenvalue weighted by Gasteiger charge is -2.22. The van der Waals surface area contributed by atoms with E-state index in [1.807, 2.05) is 11.8 Å². The first-order valence-corrected chi connectivity index (χ1v) is 8.89. The molecule has 4 heteroatoms. The second-order valence-electron chi connectivity index (χ2n) is 7.05. The van der Waals surface area contributed by atoms with Crippen LogP contribution >= 0.6 is 11.3 Å². The molecule has 0 aromatic carbocycles. The van der Waals surface area contributed by atoms with E-state index in [2.05, 4.69) is 13.0 Å². The lowest BCUT2D eigenvalue weighted by Crippen LogP contribution is -2.33. The van der Waals surface area contributed by atoms with Gasteiger partial charge >= 0.3 is 0 Å². The summed E-state index contributed by atoms with van der Waals surface area (Å²) in [5.41, 5.74) is 0.781. The van der Waals surface area contributed by atoms with Crippen LogP contribution in [0.15, 0.2) is 6.07 Å². The van der Waals surface area contributed by atoms with Crippen LogP contribution in [-0.4, -0.2) is 34.6 Å². The zero-order valence-electron chi connectivity index (χ0n) is 13.0. The van der Waals surface area contributed by atoms with Gasteiger partial charge in [-0.05, 0) is 63.0 Å². The third kappa shape index (κ3) is 3.32. The Morgan fingerprint density at radius 2 is 2.24 bits per heavy atom. The second kappa shape index (κ2) is 5.73. The van der Waals surface area contributed by atoms with Gasteiger partial charge in [0.15, 0.2) is 0 Å². The van der Waals surface area contributed by atoms with E-state index in [0.717, 1.165) is 43.0 Å². The number of likely N-dealkylation sites (tertiary alicyclic amines) is 1. The Kier molecular flexibility index (Phi) is 4.10. The molecule has 1 saturated heterocycles. The Morgan fingerprint density at radius 3 is 3.05 bits per heavy atom. The fraction of sp³-hybridized carbons (Fsp3) is 0.706. The molecular weight excluding hydrogens is 282 g/mol. The third-order valence-electron chi connectivity index (χ3n) is 4.89. The van der Waals surface area contributed by atoms with E-state index in [4.69, 9.17) is 0 Å². The minimum absolute atomic E-state index is 0.166. The number of rotatable bonds is 1. The molecule has 2 heterocycles. The number of amides is 1. The van der Waals surface area contributed by atoms with Gasteiger partial charge < -0.3 is 10.0 Å². The molecule has 3 rings (SSSR count). The van der Waals surface area contributed by atoms with Crippen LogP contribution in [0.4, 0.5) is 0 Å². The number of carbonyl (C=O) groups excluding carboxylic acids is 1. The van der Waals surface area contributed by atoms with Crippen molar-refractivity contribution in [1.29, 1.82) is 0 Å². The summed E-state index contributed by atoms with van der Waals surface area (Å²) in [6.45, 7) is 5.62. The van der Waals surface area contributed by atoms with E-state index in [1.54, 1.807) is 11.3 Å². The zero-order chi connectivity index (χ0) is 15.0. The van der Waals surface area contributed by atoms with Crippen LogP contribution in [0.1, 0.15) is 59.6 Å². The zero-order valence-corrected chi connectivity index (χ0v) is 13.8. The summed E-state index contributed by atoms with van der Waals surface area (Å²) < 4.78 is 0. The van der Waals surface area contributed by atoms with E-state index < -0.39 is 5.60 Å². The topological polar surface area (TPSA) is 40.5 Å². The maximum absolute atomic E-state index is 12.7. The summed E-state index contributed by atoms with van der Waals surface area (Å²) in [6, 6.07) is 2.13. The molecule has 2 aliphatic rings. The van der Waals surface area contributed by atoms with Gasteiger partial charge in [0.2, 0.25) is 0 Å². The Morgan fingerprint density at radius 1 is 1.43 bits per heavy atom. The molecule has 1 amide bonds. The lowest BCUT2D eigenvalue weighted by atomic mass is 9.90. The van der Waals surface area contributed by atoms with Gasteiger partial charge in [-0.15, -0.1) is 11.3 Å². The quantitative estimate of drug-likeness (QED) is 0.865. The Hall–Kier alpha value is -0.870. The van der Waals surface area contributed by atoms with Gasteiger partial charge in [-0.2, -0.15) is 0 Å². The number of aryl methyl sites for hydroxylation is 1. The van der Waals surface area contributed by atoms with Crippen LogP contribution in [-0.2, 0) is 12.8 Å². The predicted molar refractivity (Wildman–Crippen MR) is 85.9 cm³/mol. The Bertz CT molecular complexity index is 535. The average Bonchev–Trinajstić information content (AvgIpc) is 2.75. The van der Waals surface area contributed by atoms with Crippen LogP contribution in [0.25, 0.3) is 0 Å². The number of fused-ring (bicyclic) bond motifs is 1. The molecule has 1 fully saturated rings. The fourth-order valence-corrected chi connectivity index (χ4v) is 4.61. The lowest BCUT2D eigenvalue weighted by molar-refractivity contribution is 0.0438. The number of aliphatic hydroxyl groups is 1. The van der Waals surface area contributed by atoms with E-state index in [1.165, 1.54) is 16.9 Å². The van der Waals surface area contributed by atoms with Crippen molar-refractivity contribution < 1.29 is 9.90 Å². The molecule has 2 unspecified atom stereocenters. The molecule has 1 N–H and O–H groups in total. The van der Waals surface area contributed by atoms with Crippen molar-refractivity contribution in [2.75, 3.05) is 13.1 Å². The summed E-state index contributed by atoms with van der Waals surface area (Å²) in [5, 5.41) is 10.2. The molecule has 3 nitrogen and oxygen atoms in total. The van der Waals surface area contributed by atoms with Crippen LogP contribution < -0.4 is 0 Å². The first-order valence-electron chi connectivity index (χ1n) is 8.08. The fourth-order valence-electron chi connectivity index (χ4n) is 3.43. The molecule has 1 aromatic heterocycles.